The van der Waals surface area contributed by atoms with Gasteiger partial charge in [0.2, 0.25) is 5.91 Å². The van der Waals surface area contributed by atoms with E-state index in [9.17, 15) is 4.79 Å². The Bertz CT molecular complexity index is 1080. The number of fused-ring (bicyclic) bond motifs is 1. The number of anilines is 1. The second-order valence-electron chi connectivity index (χ2n) is 6.48. The first-order valence-electron chi connectivity index (χ1n) is 8.73. The number of nitrogens with one attached hydrogen (secondary N) is 1. The fourth-order valence-corrected chi connectivity index (χ4v) is 4.25. The fraction of sp³-hybridized carbons (Fsp3) is 0.190. The lowest BCUT2D eigenvalue weighted by Gasteiger charge is -2.14. The molecule has 0 aliphatic rings. The van der Waals surface area contributed by atoms with E-state index in [2.05, 4.69) is 16.5 Å². The zero-order chi connectivity index (χ0) is 19.0. The molecule has 1 unspecified atom stereocenters. The average Bonchev–Trinajstić information content (AvgIpc) is 3.24. The molecule has 2 aromatic heterocycles. The molecular formula is C21H19N3O2S. The number of aromatic nitrogens is 2. The summed E-state index contributed by atoms with van der Waals surface area (Å²) in [6.07, 6.45) is 0. The third kappa shape index (κ3) is 3.24. The lowest BCUT2D eigenvalue weighted by Crippen LogP contribution is -2.20. The number of nitrogens with zero attached hydrogens (tertiary/aromatic N) is 2. The second kappa shape index (κ2) is 6.96. The predicted octanol–water partition coefficient (Wildman–Crippen LogP) is 5.31. The van der Waals surface area contributed by atoms with Gasteiger partial charge in [-0.15, -0.1) is 11.3 Å². The highest BCUT2D eigenvalue weighted by molar-refractivity contribution is 7.21. The predicted molar refractivity (Wildman–Crippen MR) is 108 cm³/mol. The Labute approximate surface area is 161 Å². The van der Waals surface area contributed by atoms with Gasteiger partial charge in [0.05, 0.1) is 27.5 Å². The molecule has 0 fully saturated rings. The van der Waals surface area contributed by atoms with Crippen molar-refractivity contribution in [2.75, 3.05) is 5.32 Å². The fourth-order valence-electron chi connectivity index (χ4n) is 3.25. The van der Waals surface area contributed by atoms with Crippen molar-refractivity contribution < 1.29 is 9.32 Å². The lowest BCUT2D eigenvalue weighted by atomic mass is 9.98. The van der Waals surface area contributed by atoms with Crippen LogP contribution in [0.25, 0.3) is 20.8 Å². The summed E-state index contributed by atoms with van der Waals surface area (Å²) in [7, 11) is 0. The van der Waals surface area contributed by atoms with Crippen LogP contribution in [0.2, 0.25) is 0 Å². The van der Waals surface area contributed by atoms with Gasteiger partial charge in [0, 0.05) is 11.1 Å². The molecule has 0 spiro atoms. The van der Waals surface area contributed by atoms with Crippen LogP contribution in [0.1, 0.15) is 29.9 Å². The van der Waals surface area contributed by atoms with Crippen LogP contribution in [0, 0.1) is 13.8 Å². The molecule has 136 valence electrons. The van der Waals surface area contributed by atoms with E-state index in [-0.39, 0.29) is 11.8 Å². The van der Waals surface area contributed by atoms with Crippen LogP contribution in [0.4, 0.5) is 5.69 Å². The van der Waals surface area contributed by atoms with Gasteiger partial charge >= 0.3 is 0 Å². The van der Waals surface area contributed by atoms with E-state index < -0.39 is 0 Å². The molecule has 0 saturated heterocycles. The molecule has 4 rings (SSSR count). The molecule has 5 nitrogen and oxygen atoms in total. The highest BCUT2D eigenvalue weighted by atomic mass is 32.1. The first kappa shape index (κ1) is 17.4. The monoisotopic (exact) mass is 377 g/mol. The minimum absolute atomic E-state index is 0.0991. The topological polar surface area (TPSA) is 68.0 Å². The maximum Gasteiger partial charge on any atom is 0.231 e. The number of benzene rings is 2. The second-order valence-corrected chi connectivity index (χ2v) is 7.51. The summed E-state index contributed by atoms with van der Waals surface area (Å²) < 4.78 is 6.33. The van der Waals surface area contributed by atoms with E-state index in [4.69, 9.17) is 9.51 Å². The van der Waals surface area contributed by atoms with Gasteiger partial charge in [-0.2, -0.15) is 0 Å². The Morgan fingerprint density at radius 2 is 1.85 bits per heavy atom. The first-order valence-corrected chi connectivity index (χ1v) is 9.55. The van der Waals surface area contributed by atoms with Gasteiger partial charge in [0.15, 0.2) is 0 Å². The summed E-state index contributed by atoms with van der Waals surface area (Å²) >= 11 is 1.62. The number of amides is 1. The third-order valence-corrected chi connectivity index (χ3v) is 5.69. The maximum absolute atomic E-state index is 12.9. The van der Waals surface area contributed by atoms with Gasteiger partial charge < -0.3 is 9.84 Å². The highest BCUT2D eigenvalue weighted by Gasteiger charge is 2.24. The molecule has 1 atom stereocenters. The summed E-state index contributed by atoms with van der Waals surface area (Å²) in [5, 5.41) is 7.89. The van der Waals surface area contributed by atoms with Gasteiger partial charge in [-0.1, -0.05) is 29.4 Å². The van der Waals surface area contributed by atoms with Gasteiger partial charge in [-0.05, 0) is 45.0 Å². The van der Waals surface area contributed by atoms with E-state index in [1.54, 1.807) is 11.3 Å². The number of rotatable bonds is 4. The van der Waals surface area contributed by atoms with Crippen LogP contribution in [0.15, 0.2) is 53.1 Å². The van der Waals surface area contributed by atoms with Crippen molar-refractivity contribution in [3.8, 4) is 10.6 Å². The van der Waals surface area contributed by atoms with E-state index >= 15 is 0 Å². The van der Waals surface area contributed by atoms with Crippen LogP contribution in [0.5, 0.6) is 0 Å². The van der Waals surface area contributed by atoms with E-state index in [0.717, 1.165) is 37.7 Å². The number of para-hydroxylation sites is 2. The Balaban J connectivity index is 1.66. The molecule has 0 saturated carbocycles. The third-order valence-electron chi connectivity index (χ3n) is 4.62. The molecule has 1 N–H and O–H groups in total. The smallest absolute Gasteiger partial charge is 0.231 e. The molecule has 4 aromatic rings. The van der Waals surface area contributed by atoms with Crippen LogP contribution in [-0.2, 0) is 4.79 Å². The lowest BCUT2D eigenvalue weighted by molar-refractivity contribution is -0.117. The Morgan fingerprint density at radius 3 is 2.59 bits per heavy atom. The van der Waals surface area contributed by atoms with Gasteiger partial charge in [0.25, 0.3) is 0 Å². The Morgan fingerprint density at radius 1 is 1.11 bits per heavy atom. The number of carbonyl (C=O) groups excluding carboxylic acids is 1. The van der Waals surface area contributed by atoms with Crippen molar-refractivity contribution in [3.63, 3.8) is 0 Å². The largest absolute Gasteiger partial charge is 0.361 e. The van der Waals surface area contributed by atoms with Crippen LogP contribution >= 0.6 is 11.3 Å². The minimum atomic E-state index is -0.361. The molecular weight excluding hydrogens is 358 g/mol. The van der Waals surface area contributed by atoms with Gasteiger partial charge in [-0.25, -0.2) is 4.98 Å². The van der Waals surface area contributed by atoms with Crippen molar-refractivity contribution in [1.82, 2.24) is 10.1 Å². The minimum Gasteiger partial charge on any atom is -0.361 e. The van der Waals surface area contributed by atoms with E-state index in [1.165, 1.54) is 0 Å². The number of hydrogen-bond acceptors (Lipinski definition) is 5. The molecule has 0 aliphatic heterocycles. The van der Waals surface area contributed by atoms with Crippen molar-refractivity contribution in [2.45, 2.75) is 26.7 Å². The maximum atomic E-state index is 12.9. The highest BCUT2D eigenvalue weighted by Crippen LogP contribution is 2.35. The van der Waals surface area contributed by atoms with Crippen LogP contribution in [0.3, 0.4) is 0 Å². The van der Waals surface area contributed by atoms with Crippen molar-refractivity contribution in [3.05, 3.63) is 65.5 Å². The number of carbonyl (C=O) groups is 1. The molecule has 2 aromatic carbocycles. The summed E-state index contributed by atoms with van der Waals surface area (Å²) in [4.78, 5) is 17.6. The molecule has 6 heteroatoms. The summed E-state index contributed by atoms with van der Waals surface area (Å²) in [6.45, 7) is 5.54. The van der Waals surface area contributed by atoms with Gasteiger partial charge in [-0.3, -0.25) is 4.79 Å². The molecule has 2 heterocycles. The summed E-state index contributed by atoms with van der Waals surface area (Å²) in [5.74, 6) is 0.215. The molecule has 0 bridgehead atoms. The Hall–Kier alpha value is -2.99. The SMILES string of the molecule is Cc1noc(C)c1C(C)C(=O)Nc1ccccc1-c1nc2ccccc2s1. The normalized spacial score (nSPS) is 12.3. The molecule has 27 heavy (non-hydrogen) atoms. The molecule has 0 aliphatic carbocycles. The Kier molecular flexibility index (Phi) is 4.49. The average molecular weight is 377 g/mol. The first-order chi connectivity index (χ1) is 13.0. The van der Waals surface area contributed by atoms with Gasteiger partial charge in [0.1, 0.15) is 10.8 Å². The quantitative estimate of drug-likeness (QED) is 0.523. The van der Waals surface area contributed by atoms with E-state index in [1.807, 2.05) is 63.2 Å². The van der Waals surface area contributed by atoms with E-state index in [0.29, 0.717) is 5.76 Å². The van der Waals surface area contributed by atoms with Crippen LogP contribution < -0.4 is 5.32 Å². The number of aryl methyl sites for hydroxylation is 2. The summed E-state index contributed by atoms with van der Waals surface area (Å²) in [5.41, 5.74) is 4.21. The van der Waals surface area contributed by atoms with Crippen molar-refractivity contribution in [1.29, 1.82) is 0 Å². The van der Waals surface area contributed by atoms with Crippen molar-refractivity contribution in [2.24, 2.45) is 0 Å². The number of hydrogen-bond donors (Lipinski definition) is 1. The summed E-state index contributed by atoms with van der Waals surface area (Å²) in [6, 6.07) is 15.8. The van der Waals surface area contributed by atoms with Crippen molar-refractivity contribution >= 4 is 33.1 Å². The number of thiazole rings is 1. The van der Waals surface area contributed by atoms with Crippen LogP contribution in [-0.4, -0.2) is 16.0 Å². The molecule has 1 amide bonds. The zero-order valence-corrected chi connectivity index (χ0v) is 16.1. The zero-order valence-electron chi connectivity index (χ0n) is 15.3. The molecule has 0 radical (unpaired) electrons. The standard InChI is InChI=1S/C21H19N3O2S/c1-12(19-13(2)24-26-14(19)3)20(25)22-16-9-5-4-8-15(16)21-23-17-10-6-7-11-18(17)27-21/h4-12H,1-3H3,(H,22,25).